The average Bonchev–Trinajstić information content (AvgIpc) is 3.41. The number of likely N-dealkylation sites (tertiary alicyclic amines) is 1. The maximum atomic E-state index is 14.3. The summed E-state index contributed by atoms with van der Waals surface area (Å²) in [5.74, 6) is -5.98. The summed E-state index contributed by atoms with van der Waals surface area (Å²) in [6, 6.07) is -4.64. The molecule has 1 saturated heterocycles. The highest BCUT2D eigenvalue weighted by atomic mass is 32.5. The highest BCUT2D eigenvalue weighted by molar-refractivity contribution is 8.45. The molecule has 1 saturated carbocycles. The van der Waals surface area contributed by atoms with Crippen LogP contribution in [-0.4, -0.2) is 66.2 Å². The number of nitriles is 1. The number of benzene rings is 1. The van der Waals surface area contributed by atoms with Crippen LogP contribution < -0.4 is 10.2 Å². The van der Waals surface area contributed by atoms with Crippen LogP contribution in [0, 0.1) is 11.5 Å². The third-order valence-electron chi connectivity index (χ3n) is 8.10. The van der Waals surface area contributed by atoms with E-state index in [4.69, 9.17) is 0 Å². The average molecular weight is 740 g/mol. The Morgan fingerprint density at radius 2 is 1.67 bits per heavy atom. The van der Waals surface area contributed by atoms with E-state index in [2.05, 4.69) is 10.3 Å². The first kappa shape index (κ1) is 37.0. The molecule has 1 aromatic carbocycles. The van der Waals surface area contributed by atoms with Gasteiger partial charge in [-0.15, -0.1) is 0 Å². The van der Waals surface area contributed by atoms with Crippen LogP contribution in [0.3, 0.4) is 0 Å². The van der Waals surface area contributed by atoms with Gasteiger partial charge in [-0.1, -0.05) is 19.4 Å². The number of sulfone groups is 1. The molecule has 0 bridgehead atoms. The standard InChI is InChI=1S/C27H27F10N5O4S2/c1-47(45,46)18-12-22(41(14-18)15-38)25(44)42(17-2-4-19(5-3-17)48(33,34,35,36)37)23(20-13-39-11-8-21(20)27(30,31)32)24(43)40-16-6-9-26(28,29)10-7-16/h2-5,8,11,13,16,18,22-23H,6-7,9-10,12,14H2,1H3,(H,40,43). The van der Waals surface area contributed by atoms with Crippen molar-refractivity contribution in [1.82, 2.24) is 15.2 Å². The zero-order valence-corrected chi connectivity index (χ0v) is 26.2. The lowest BCUT2D eigenvalue weighted by Crippen LogP contribution is -2.52. The molecule has 3 unspecified atom stereocenters. The number of aromatic nitrogens is 1. The number of hydrogen-bond acceptors (Lipinski definition) is 7. The van der Waals surface area contributed by atoms with Gasteiger partial charge >= 0.3 is 16.4 Å². The minimum atomic E-state index is -10.3. The molecule has 2 aromatic rings. The molecule has 0 spiro atoms. The Balaban J connectivity index is 1.93. The van der Waals surface area contributed by atoms with Crippen LogP contribution in [0.2, 0.25) is 0 Å². The Morgan fingerprint density at radius 1 is 1.08 bits per heavy atom. The summed E-state index contributed by atoms with van der Waals surface area (Å²) in [6.45, 7) is -0.573. The van der Waals surface area contributed by atoms with E-state index in [1.807, 2.05) is 0 Å². The Bertz CT molecular complexity index is 1720. The van der Waals surface area contributed by atoms with Gasteiger partial charge in [0.15, 0.2) is 16.0 Å². The monoisotopic (exact) mass is 739 g/mol. The molecule has 1 aliphatic heterocycles. The van der Waals surface area contributed by atoms with Crippen molar-refractivity contribution in [2.45, 2.75) is 72.5 Å². The van der Waals surface area contributed by atoms with Crippen molar-refractivity contribution in [1.29, 1.82) is 5.26 Å². The second kappa shape index (κ2) is 11.7. The number of halogens is 10. The number of nitrogens with one attached hydrogen (secondary N) is 1. The first-order valence-electron chi connectivity index (χ1n) is 13.9. The lowest BCUT2D eigenvalue weighted by atomic mass is 9.91. The van der Waals surface area contributed by atoms with Gasteiger partial charge in [-0.3, -0.25) is 24.4 Å². The summed E-state index contributed by atoms with van der Waals surface area (Å²) in [4.78, 5) is 30.2. The zero-order valence-electron chi connectivity index (χ0n) is 24.6. The number of nitrogens with zero attached hydrogens (tertiary/aromatic N) is 4. The molecule has 4 rings (SSSR count). The summed E-state index contributed by atoms with van der Waals surface area (Å²) in [7, 11) is -14.3. The van der Waals surface area contributed by atoms with E-state index in [9.17, 15) is 64.6 Å². The van der Waals surface area contributed by atoms with Crippen LogP contribution >= 0.6 is 10.2 Å². The number of alkyl halides is 5. The Labute approximate surface area is 267 Å². The minimum absolute atomic E-state index is 0.153. The van der Waals surface area contributed by atoms with Crippen LogP contribution in [0.1, 0.15) is 49.3 Å². The quantitative estimate of drug-likeness (QED) is 0.243. The fourth-order valence-corrected chi connectivity index (χ4v) is 7.24. The van der Waals surface area contributed by atoms with Gasteiger partial charge < -0.3 is 5.32 Å². The molecule has 2 fully saturated rings. The number of carbonyl (C=O) groups excluding carboxylic acids is 2. The lowest BCUT2D eigenvalue weighted by molar-refractivity contribution is -0.139. The van der Waals surface area contributed by atoms with Crippen LogP contribution in [0.25, 0.3) is 0 Å². The first-order valence-corrected chi connectivity index (χ1v) is 17.8. The fourth-order valence-electron chi connectivity index (χ4n) is 5.63. The predicted octanol–water partition coefficient (Wildman–Crippen LogP) is 6.49. The summed E-state index contributed by atoms with van der Waals surface area (Å²) in [5, 5.41) is 10.6. The van der Waals surface area contributed by atoms with Gasteiger partial charge in [0.05, 0.1) is 10.8 Å². The van der Waals surface area contributed by atoms with Crippen LogP contribution in [0.5, 0.6) is 0 Å². The number of amides is 2. The Hall–Kier alpha value is -3.80. The lowest BCUT2D eigenvalue weighted by Gasteiger charge is -2.41. The molecule has 1 N–H and O–H groups in total. The molecule has 2 amide bonds. The van der Waals surface area contributed by atoms with Gasteiger partial charge in [-0.05, 0) is 49.6 Å². The van der Waals surface area contributed by atoms with Crippen molar-refractivity contribution in [3.63, 3.8) is 0 Å². The Morgan fingerprint density at radius 3 is 2.17 bits per heavy atom. The summed E-state index contributed by atoms with van der Waals surface area (Å²) in [5.41, 5.74) is -3.42. The van der Waals surface area contributed by atoms with Crippen molar-refractivity contribution >= 4 is 37.6 Å². The van der Waals surface area contributed by atoms with Crippen LogP contribution in [0.4, 0.5) is 47.1 Å². The normalized spacial score (nSPS) is 22.6. The number of pyridine rings is 1. The predicted molar refractivity (Wildman–Crippen MR) is 152 cm³/mol. The largest absolute Gasteiger partial charge is 0.416 e. The summed E-state index contributed by atoms with van der Waals surface area (Å²) < 4.78 is 163. The maximum Gasteiger partial charge on any atom is 0.416 e. The smallest absolute Gasteiger partial charge is 0.351 e. The van der Waals surface area contributed by atoms with Gasteiger partial charge in [-0.25, -0.2) is 17.2 Å². The number of hydrogen-bond donors (Lipinski definition) is 1. The van der Waals surface area contributed by atoms with Gasteiger partial charge in [0.25, 0.3) is 5.91 Å². The van der Waals surface area contributed by atoms with E-state index in [0.717, 1.165) is 6.26 Å². The fraction of sp³-hybridized carbons (Fsp3) is 0.481. The third-order valence-corrected chi connectivity index (χ3v) is 10.8. The van der Waals surface area contributed by atoms with Crippen molar-refractivity contribution in [3.8, 4) is 6.19 Å². The summed E-state index contributed by atoms with van der Waals surface area (Å²) >= 11 is 0. The minimum Gasteiger partial charge on any atom is -0.351 e. The van der Waals surface area contributed by atoms with E-state index < -0.39 is 115 Å². The summed E-state index contributed by atoms with van der Waals surface area (Å²) in [6.07, 6.45) is -4.44. The molecular formula is C27H27F10N5O4S2. The zero-order chi connectivity index (χ0) is 36.2. The molecule has 3 atom stereocenters. The molecule has 266 valence electrons. The number of carbonyl (C=O) groups is 2. The van der Waals surface area contributed by atoms with E-state index in [1.165, 1.54) is 0 Å². The van der Waals surface area contributed by atoms with Crippen molar-refractivity contribution in [2.24, 2.45) is 0 Å². The topological polar surface area (TPSA) is 123 Å². The van der Waals surface area contributed by atoms with Crippen LogP contribution in [-0.2, 0) is 25.6 Å². The van der Waals surface area contributed by atoms with E-state index in [1.54, 1.807) is 6.19 Å². The maximum absolute atomic E-state index is 14.3. The third kappa shape index (κ3) is 8.25. The van der Waals surface area contributed by atoms with Crippen molar-refractivity contribution < 1.29 is 59.4 Å². The second-order valence-electron chi connectivity index (χ2n) is 11.6. The molecule has 9 nitrogen and oxygen atoms in total. The molecule has 2 aliphatic rings. The SMILES string of the molecule is CS(=O)(=O)C1CC(C(=O)N(c2ccc(S(F)(F)(F)(F)F)cc2)C(C(=O)NC2CCC(F)(F)CC2)c2cnccc2C(F)(F)F)N(C#N)C1. The van der Waals surface area contributed by atoms with Gasteiger partial charge in [-0.2, -0.15) is 18.4 Å². The number of rotatable bonds is 8. The van der Waals surface area contributed by atoms with Crippen LogP contribution in [0.15, 0.2) is 47.6 Å². The second-order valence-corrected chi connectivity index (χ2v) is 16.4. The molecule has 0 radical (unpaired) electrons. The highest BCUT2D eigenvalue weighted by Crippen LogP contribution is 3.02. The molecule has 1 aliphatic carbocycles. The Kier molecular flexibility index (Phi) is 9.00. The van der Waals surface area contributed by atoms with E-state index >= 15 is 0 Å². The first-order chi connectivity index (χ1) is 21.7. The van der Waals surface area contributed by atoms with Crippen molar-refractivity contribution in [2.75, 3.05) is 17.7 Å². The molecule has 48 heavy (non-hydrogen) atoms. The highest BCUT2D eigenvalue weighted by Gasteiger charge is 2.65. The van der Waals surface area contributed by atoms with Gasteiger partial charge in [0.2, 0.25) is 11.8 Å². The van der Waals surface area contributed by atoms with E-state index in [0.29, 0.717) is 35.5 Å². The van der Waals surface area contributed by atoms with Gasteiger partial charge in [0, 0.05) is 55.3 Å². The molecule has 2 heterocycles. The molecular weight excluding hydrogens is 712 g/mol. The number of anilines is 1. The van der Waals surface area contributed by atoms with Gasteiger partial charge in [0.1, 0.15) is 17.0 Å². The molecule has 21 heteroatoms. The van der Waals surface area contributed by atoms with E-state index in [-0.39, 0.29) is 29.9 Å². The van der Waals surface area contributed by atoms with Crippen molar-refractivity contribution in [3.05, 3.63) is 53.9 Å². The molecule has 1 aromatic heterocycles.